The highest BCUT2D eigenvalue weighted by Crippen LogP contribution is 2.27. The fourth-order valence-electron chi connectivity index (χ4n) is 3.52. The minimum atomic E-state index is -3.93. The van der Waals surface area contributed by atoms with Gasteiger partial charge in [-0.3, -0.25) is 9.10 Å². The van der Waals surface area contributed by atoms with Gasteiger partial charge in [-0.05, 0) is 51.6 Å². The molecule has 8 heteroatoms. The van der Waals surface area contributed by atoms with E-state index in [-0.39, 0.29) is 11.4 Å². The molecule has 166 valence electrons. The highest BCUT2D eigenvalue weighted by Gasteiger charge is 2.28. The molecule has 1 aliphatic heterocycles. The molecule has 31 heavy (non-hydrogen) atoms. The van der Waals surface area contributed by atoms with Crippen molar-refractivity contribution in [1.82, 2.24) is 10.3 Å². The van der Waals surface area contributed by atoms with Crippen molar-refractivity contribution in [2.75, 3.05) is 31.0 Å². The van der Waals surface area contributed by atoms with E-state index in [0.717, 1.165) is 52.6 Å². The van der Waals surface area contributed by atoms with E-state index in [2.05, 4.69) is 15.4 Å². The molecule has 1 fully saturated rings. The van der Waals surface area contributed by atoms with Crippen molar-refractivity contribution in [3.8, 4) is 0 Å². The zero-order chi connectivity index (χ0) is 22.6. The van der Waals surface area contributed by atoms with Gasteiger partial charge in [0, 0.05) is 31.6 Å². The first-order valence-corrected chi connectivity index (χ1v) is 11.8. The van der Waals surface area contributed by atoms with E-state index in [1.165, 1.54) is 0 Å². The van der Waals surface area contributed by atoms with Gasteiger partial charge in [0.2, 0.25) is 0 Å². The van der Waals surface area contributed by atoms with Crippen molar-refractivity contribution < 1.29 is 13.2 Å². The first-order valence-electron chi connectivity index (χ1n) is 10.4. The lowest BCUT2D eigenvalue weighted by Gasteiger charge is -2.26. The zero-order valence-corrected chi connectivity index (χ0v) is 19.4. The van der Waals surface area contributed by atoms with Crippen LogP contribution in [0.5, 0.6) is 0 Å². The third-order valence-electron chi connectivity index (χ3n) is 5.42. The monoisotopic (exact) mass is 442 g/mol. The van der Waals surface area contributed by atoms with Crippen LogP contribution < -0.4 is 9.73 Å². The number of benzene rings is 2. The maximum Gasteiger partial charge on any atom is 0.264 e. The average Bonchev–Trinajstić information content (AvgIpc) is 2.72. The van der Waals surface area contributed by atoms with Gasteiger partial charge in [-0.15, -0.1) is 0 Å². The second-order valence-electron chi connectivity index (χ2n) is 8.13. The number of carbonyl (C=O) groups is 1. The number of nitrogens with one attached hydrogen (secondary N) is 1. The van der Waals surface area contributed by atoms with E-state index in [0.29, 0.717) is 5.69 Å². The third-order valence-corrected chi connectivity index (χ3v) is 7.19. The summed E-state index contributed by atoms with van der Waals surface area (Å²) in [6, 6.07) is 12.1. The van der Waals surface area contributed by atoms with Crippen molar-refractivity contribution in [2.24, 2.45) is 5.10 Å². The highest BCUT2D eigenvalue weighted by molar-refractivity contribution is 7.92. The van der Waals surface area contributed by atoms with Gasteiger partial charge in [-0.1, -0.05) is 35.4 Å². The maximum atomic E-state index is 13.5. The van der Waals surface area contributed by atoms with Crippen LogP contribution in [0.1, 0.15) is 29.5 Å². The lowest BCUT2D eigenvalue weighted by molar-refractivity contribution is -0.119. The molecule has 0 atom stereocenters. The fraction of sp³-hybridized carbons (Fsp3) is 0.391. The van der Waals surface area contributed by atoms with Gasteiger partial charge in [-0.25, -0.2) is 13.8 Å². The molecule has 2 aromatic carbocycles. The topological polar surface area (TPSA) is 82.1 Å². The van der Waals surface area contributed by atoms with Crippen molar-refractivity contribution >= 4 is 27.3 Å². The van der Waals surface area contributed by atoms with Crippen LogP contribution in [0.2, 0.25) is 0 Å². The van der Waals surface area contributed by atoms with Crippen molar-refractivity contribution in [2.45, 2.75) is 38.5 Å². The molecule has 3 rings (SSSR count). The van der Waals surface area contributed by atoms with Crippen LogP contribution in [-0.2, 0) is 14.8 Å². The summed E-state index contributed by atoms with van der Waals surface area (Å²) in [7, 11) is -1.89. The molecular weight excluding hydrogens is 412 g/mol. The molecule has 7 nitrogen and oxygen atoms in total. The lowest BCUT2D eigenvalue weighted by atomic mass is 10.1. The summed E-state index contributed by atoms with van der Waals surface area (Å²) in [6.45, 7) is 7.12. The Morgan fingerprint density at radius 3 is 2.26 bits per heavy atom. The van der Waals surface area contributed by atoms with Gasteiger partial charge >= 0.3 is 0 Å². The minimum Gasteiger partial charge on any atom is -0.306 e. The second-order valence-corrected chi connectivity index (χ2v) is 9.99. The Kier molecular flexibility index (Phi) is 7.12. The quantitative estimate of drug-likeness (QED) is 0.698. The van der Waals surface area contributed by atoms with Crippen LogP contribution in [-0.4, -0.2) is 51.6 Å². The molecule has 1 aliphatic rings. The van der Waals surface area contributed by atoms with Gasteiger partial charge in [0.1, 0.15) is 6.54 Å². The SMILES string of the molecule is Cc1ccc(S(=O)(=O)N(CC(=O)NN=C2CCN(C)CC2)c2ccc(C)cc2C)cc1. The fourth-order valence-corrected chi connectivity index (χ4v) is 5.00. The molecule has 1 amide bonds. The van der Waals surface area contributed by atoms with Crippen LogP contribution >= 0.6 is 0 Å². The Balaban J connectivity index is 1.88. The largest absolute Gasteiger partial charge is 0.306 e. The Morgan fingerprint density at radius 1 is 1.03 bits per heavy atom. The third kappa shape index (κ3) is 5.71. The smallest absolute Gasteiger partial charge is 0.264 e. The molecule has 0 saturated carbocycles. The van der Waals surface area contributed by atoms with E-state index in [4.69, 9.17) is 0 Å². The van der Waals surface area contributed by atoms with Crippen LogP contribution in [0.25, 0.3) is 0 Å². The Morgan fingerprint density at radius 2 is 1.65 bits per heavy atom. The number of hydrazone groups is 1. The van der Waals surface area contributed by atoms with Crippen LogP contribution in [0.3, 0.4) is 0 Å². The molecule has 0 radical (unpaired) electrons. The molecule has 0 bridgehead atoms. The Hall–Kier alpha value is -2.71. The number of nitrogens with zero attached hydrogens (tertiary/aromatic N) is 3. The molecule has 1 N–H and O–H groups in total. The predicted molar refractivity (Wildman–Crippen MR) is 124 cm³/mol. The van der Waals surface area contributed by atoms with Gasteiger partial charge in [0.05, 0.1) is 10.6 Å². The molecule has 1 heterocycles. The molecule has 1 saturated heterocycles. The summed E-state index contributed by atoms with van der Waals surface area (Å²) in [4.78, 5) is 15.1. The second kappa shape index (κ2) is 9.62. The molecule has 0 aromatic heterocycles. The lowest BCUT2D eigenvalue weighted by Crippen LogP contribution is -2.40. The van der Waals surface area contributed by atoms with Crippen LogP contribution in [0.4, 0.5) is 5.69 Å². The summed E-state index contributed by atoms with van der Waals surface area (Å²) in [5.41, 5.74) is 6.72. The van der Waals surface area contributed by atoms with Crippen molar-refractivity contribution in [1.29, 1.82) is 0 Å². The number of aryl methyl sites for hydroxylation is 3. The predicted octanol–water partition coefficient (Wildman–Crippen LogP) is 3.00. The minimum absolute atomic E-state index is 0.146. The average molecular weight is 443 g/mol. The summed E-state index contributed by atoms with van der Waals surface area (Å²) in [5.74, 6) is -0.470. The number of carbonyl (C=O) groups excluding carboxylic acids is 1. The van der Waals surface area contributed by atoms with Crippen molar-refractivity contribution in [3.63, 3.8) is 0 Å². The highest BCUT2D eigenvalue weighted by atomic mass is 32.2. The van der Waals surface area contributed by atoms with E-state index in [9.17, 15) is 13.2 Å². The number of piperidine rings is 1. The standard InChI is InChI=1S/C23H30N4O3S/c1-17-5-8-21(9-6-17)31(29,30)27(22-10-7-18(2)15-19(22)3)16-23(28)25-24-20-11-13-26(4)14-12-20/h5-10,15H,11-14,16H2,1-4H3,(H,25,28). The first-order chi connectivity index (χ1) is 14.7. The van der Waals surface area contributed by atoms with E-state index in [1.807, 2.05) is 40.0 Å². The number of likely N-dealkylation sites (tertiary alicyclic amines) is 1. The molecule has 2 aromatic rings. The van der Waals surface area contributed by atoms with E-state index < -0.39 is 15.9 Å². The number of anilines is 1. The van der Waals surface area contributed by atoms with Crippen molar-refractivity contribution in [3.05, 3.63) is 59.2 Å². The normalized spacial score (nSPS) is 14.9. The van der Waals surface area contributed by atoms with Crippen LogP contribution in [0, 0.1) is 20.8 Å². The summed E-state index contributed by atoms with van der Waals surface area (Å²) in [6.07, 6.45) is 1.58. The zero-order valence-electron chi connectivity index (χ0n) is 18.6. The Labute approximate surface area is 184 Å². The van der Waals surface area contributed by atoms with Gasteiger partial charge in [0.15, 0.2) is 0 Å². The van der Waals surface area contributed by atoms with Crippen LogP contribution in [0.15, 0.2) is 52.5 Å². The number of amides is 1. The first kappa shape index (κ1) is 23.0. The Bertz CT molecular complexity index is 1070. The maximum absolute atomic E-state index is 13.5. The number of sulfonamides is 1. The van der Waals surface area contributed by atoms with E-state index in [1.54, 1.807) is 30.3 Å². The van der Waals surface area contributed by atoms with E-state index >= 15 is 0 Å². The number of hydrogen-bond acceptors (Lipinski definition) is 5. The molecular formula is C23H30N4O3S. The summed E-state index contributed by atoms with van der Waals surface area (Å²) < 4.78 is 28.1. The van der Waals surface area contributed by atoms with Gasteiger partial charge in [-0.2, -0.15) is 5.10 Å². The van der Waals surface area contributed by atoms with Gasteiger partial charge < -0.3 is 4.90 Å². The molecule has 0 spiro atoms. The number of hydrogen-bond donors (Lipinski definition) is 1. The molecule has 0 aliphatic carbocycles. The number of rotatable bonds is 6. The summed E-state index contributed by atoms with van der Waals surface area (Å²) in [5, 5.41) is 4.24. The molecule has 0 unspecified atom stereocenters. The van der Waals surface area contributed by atoms with Gasteiger partial charge in [0.25, 0.3) is 15.9 Å². The summed E-state index contributed by atoms with van der Waals surface area (Å²) >= 11 is 0.